The normalized spacial score (nSPS) is 16.4. The minimum Gasteiger partial charge on any atom is -0.465 e. The van der Waals surface area contributed by atoms with Gasteiger partial charge in [-0.1, -0.05) is 0 Å². The highest BCUT2D eigenvalue weighted by Crippen LogP contribution is 2.41. The standard InChI is InChI=1S/C19H21N5O4S/c1-4-24-14(25)10-22(2)16(26)15-12-5-6-23(9-13(12)29-17(15)24)19-20-7-11(8-21-19)18(27)28-3/h7-8H,4-6,9-10H2,1-3H3. The molecule has 0 saturated carbocycles. The number of hydrogen-bond acceptors (Lipinski definition) is 8. The van der Waals surface area contributed by atoms with E-state index in [1.807, 2.05) is 11.8 Å². The fraction of sp³-hybridized carbons (Fsp3) is 0.421. The Hall–Kier alpha value is -3.01. The Balaban J connectivity index is 1.66. The van der Waals surface area contributed by atoms with Crippen LogP contribution in [0.15, 0.2) is 12.4 Å². The molecule has 0 unspecified atom stereocenters. The fourth-order valence-corrected chi connectivity index (χ4v) is 5.10. The number of hydrogen-bond donors (Lipinski definition) is 0. The number of carbonyl (C=O) groups is 3. The van der Waals surface area contributed by atoms with Crippen molar-refractivity contribution in [2.45, 2.75) is 19.9 Å². The number of esters is 1. The first-order valence-electron chi connectivity index (χ1n) is 9.30. The average Bonchev–Trinajstić information content (AvgIpc) is 3.07. The zero-order valence-corrected chi connectivity index (χ0v) is 17.3. The number of fused-ring (bicyclic) bond motifs is 3. The summed E-state index contributed by atoms with van der Waals surface area (Å²) >= 11 is 1.49. The van der Waals surface area contributed by atoms with Crippen molar-refractivity contribution < 1.29 is 19.1 Å². The number of anilines is 2. The fourth-order valence-electron chi connectivity index (χ4n) is 3.66. The van der Waals surface area contributed by atoms with E-state index in [1.54, 1.807) is 11.9 Å². The maximum absolute atomic E-state index is 12.9. The molecule has 0 aliphatic carbocycles. The van der Waals surface area contributed by atoms with Gasteiger partial charge in [0.2, 0.25) is 11.9 Å². The number of nitrogens with zero attached hydrogens (tertiary/aromatic N) is 5. The third kappa shape index (κ3) is 3.23. The Morgan fingerprint density at radius 3 is 2.62 bits per heavy atom. The molecule has 2 aromatic rings. The lowest BCUT2D eigenvalue weighted by molar-refractivity contribution is -0.118. The van der Waals surface area contributed by atoms with Crippen LogP contribution in [-0.4, -0.2) is 66.4 Å². The number of rotatable bonds is 3. The topological polar surface area (TPSA) is 95.9 Å². The average molecular weight is 415 g/mol. The van der Waals surface area contributed by atoms with Crippen molar-refractivity contribution in [2.24, 2.45) is 0 Å². The van der Waals surface area contributed by atoms with Gasteiger partial charge >= 0.3 is 5.97 Å². The Bertz CT molecular complexity index is 987. The molecule has 10 heteroatoms. The maximum atomic E-state index is 12.9. The van der Waals surface area contributed by atoms with Gasteiger partial charge in [-0.3, -0.25) is 9.59 Å². The molecule has 0 radical (unpaired) electrons. The van der Waals surface area contributed by atoms with Crippen molar-refractivity contribution >= 4 is 40.1 Å². The second kappa shape index (κ2) is 7.43. The summed E-state index contributed by atoms with van der Waals surface area (Å²) in [4.78, 5) is 51.9. The van der Waals surface area contributed by atoms with Gasteiger partial charge in [-0.25, -0.2) is 14.8 Å². The predicted octanol–water partition coefficient (Wildman–Crippen LogP) is 1.33. The summed E-state index contributed by atoms with van der Waals surface area (Å²) in [6.07, 6.45) is 3.56. The molecule has 0 bridgehead atoms. The Morgan fingerprint density at radius 2 is 1.97 bits per heavy atom. The van der Waals surface area contributed by atoms with Crippen LogP contribution in [0.1, 0.15) is 38.1 Å². The number of likely N-dealkylation sites (N-methyl/N-ethyl adjacent to an activating group) is 2. The van der Waals surface area contributed by atoms with Crippen molar-refractivity contribution in [3.05, 3.63) is 34.0 Å². The van der Waals surface area contributed by atoms with E-state index in [9.17, 15) is 14.4 Å². The van der Waals surface area contributed by atoms with Crippen LogP contribution >= 0.6 is 11.3 Å². The summed E-state index contributed by atoms with van der Waals surface area (Å²) in [6.45, 7) is 3.72. The minimum absolute atomic E-state index is 0.0701. The van der Waals surface area contributed by atoms with Crippen LogP contribution in [0.3, 0.4) is 0 Å². The molecule has 152 valence electrons. The van der Waals surface area contributed by atoms with Gasteiger partial charge in [0, 0.05) is 37.4 Å². The molecule has 0 N–H and O–H groups in total. The first kappa shape index (κ1) is 19.3. The van der Waals surface area contributed by atoms with Crippen LogP contribution in [0.5, 0.6) is 0 Å². The van der Waals surface area contributed by atoms with Crippen LogP contribution in [0.25, 0.3) is 0 Å². The van der Waals surface area contributed by atoms with Crippen molar-refractivity contribution in [1.82, 2.24) is 14.9 Å². The van der Waals surface area contributed by atoms with E-state index in [0.29, 0.717) is 43.1 Å². The molecule has 9 nitrogen and oxygen atoms in total. The molecular weight excluding hydrogens is 394 g/mol. The summed E-state index contributed by atoms with van der Waals surface area (Å²) in [7, 11) is 2.98. The molecule has 0 fully saturated rings. The number of carbonyl (C=O) groups excluding carboxylic acids is 3. The predicted molar refractivity (Wildman–Crippen MR) is 107 cm³/mol. The van der Waals surface area contributed by atoms with Gasteiger partial charge in [0.25, 0.3) is 5.91 Å². The second-order valence-electron chi connectivity index (χ2n) is 6.92. The molecule has 0 atom stereocenters. The number of aromatic nitrogens is 2. The molecule has 2 amide bonds. The lowest BCUT2D eigenvalue weighted by atomic mass is 10.0. The minimum atomic E-state index is -0.480. The van der Waals surface area contributed by atoms with Crippen LogP contribution < -0.4 is 9.80 Å². The molecule has 4 heterocycles. The highest BCUT2D eigenvalue weighted by molar-refractivity contribution is 7.17. The zero-order chi connectivity index (χ0) is 20.7. The Labute approximate surface area is 171 Å². The van der Waals surface area contributed by atoms with Crippen LogP contribution in [-0.2, 0) is 22.5 Å². The summed E-state index contributed by atoms with van der Waals surface area (Å²) in [6, 6.07) is 0. The van der Waals surface area contributed by atoms with Crippen molar-refractivity contribution in [3.8, 4) is 0 Å². The van der Waals surface area contributed by atoms with Crippen molar-refractivity contribution in [1.29, 1.82) is 0 Å². The van der Waals surface area contributed by atoms with Crippen LogP contribution in [0.2, 0.25) is 0 Å². The van der Waals surface area contributed by atoms with Gasteiger partial charge in [-0.15, -0.1) is 11.3 Å². The number of ether oxygens (including phenoxy) is 1. The third-order valence-electron chi connectivity index (χ3n) is 5.18. The first-order valence-corrected chi connectivity index (χ1v) is 10.1. The van der Waals surface area contributed by atoms with E-state index in [2.05, 4.69) is 14.7 Å². The Morgan fingerprint density at radius 1 is 1.24 bits per heavy atom. The highest BCUT2D eigenvalue weighted by Gasteiger charge is 2.36. The first-order chi connectivity index (χ1) is 13.9. The smallest absolute Gasteiger partial charge is 0.341 e. The van der Waals surface area contributed by atoms with E-state index in [1.165, 1.54) is 35.7 Å². The van der Waals surface area contributed by atoms with Gasteiger partial charge in [0.05, 0.1) is 24.8 Å². The van der Waals surface area contributed by atoms with E-state index < -0.39 is 5.97 Å². The van der Waals surface area contributed by atoms with E-state index >= 15 is 0 Å². The monoisotopic (exact) mass is 415 g/mol. The van der Waals surface area contributed by atoms with E-state index in [0.717, 1.165) is 15.4 Å². The zero-order valence-electron chi connectivity index (χ0n) is 16.5. The largest absolute Gasteiger partial charge is 0.465 e. The molecule has 2 aliphatic heterocycles. The van der Waals surface area contributed by atoms with Gasteiger partial charge in [-0.05, 0) is 18.9 Å². The number of thiophene rings is 1. The second-order valence-corrected chi connectivity index (χ2v) is 8.00. The van der Waals surface area contributed by atoms with Gasteiger partial charge in [0.1, 0.15) is 11.5 Å². The lowest BCUT2D eigenvalue weighted by Crippen LogP contribution is -2.37. The molecule has 4 rings (SSSR count). The summed E-state index contributed by atoms with van der Waals surface area (Å²) in [5, 5.41) is 0.737. The van der Waals surface area contributed by atoms with Crippen LogP contribution in [0.4, 0.5) is 10.9 Å². The lowest BCUT2D eigenvalue weighted by Gasteiger charge is -2.27. The van der Waals surface area contributed by atoms with E-state index in [4.69, 9.17) is 0 Å². The number of amides is 2. The van der Waals surface area contributed by atoms with Crippen molar-refractivity contribution in [2.75, 3.05) is 43.6 Å². The SMILES string of the molecule is CCN1C(=O)CN(C)C(=O)c2c1sc1c2CCN(c2ncc(C(=O)OC)cn2)C1. The van der Waals surface area contributed by atoms with E-state index in [-0.39, 0.29) is 18.4 Å². The third-order valence-corrected chi connectivity index (χ3v) is 6.42. The molecule has 0 spiro atoms. The summed E-state index contributed by atoms with van der Waals surface area (Å²) in [5.74, 6) is -0.140. The number of methoxy groups -OCH3 is 1. The molecule has 0 aromatic carbocycles. The highest BCUT2D eigenvalue weighted by atomic mass is 32.1. The van der Waals surface area contributed by atoms with Crippen LogP contribution in [0, 0.1) is 0 Å². The van der Waals surface area contributed by atoms with Gasteiger partial charge in [-0.2, -0.15) is 0 Å². The maximum Gasteiger partial charge on any atom is 0.341 e. The van der Waals surface area contributed by atoms with Crippen molar-refractivity contribution in [3.63, 3.8) is 0 Å². The van der Waals surface area contributed by atoms with Gasteiger partial charge in [0.15, 0.2) is 0 Å². The molecule has 2 aromatic heterocycles. The molecule has 2 aliphatic rings. The molecule has 0 saturated heterocycles. The quantitative estimate of drug-likeness (QED) is 0.698. The Kier molecular flexibility index (Phi) is 4.95. The molecular formula is C19H21N5O4S. The summed E-state index contributed by atoms with van der Waals surface area (Å²) in [5.41, 5.74) is 1.96. The summed E-state index contributed by atoms with van der Waals surface area (Å²) < 4.78 is 4.67. The molecule has 29 heavy (non-hydrogen) atoms. The van der Waals surface area contributed by atoms with Gasteiger partial charge < -0.3 is 19.4 Å².